The highest BCUT2D eigenvalue weighted by molar-refractivity contribution is 8.76. The summed E-state index contributed by atoms with van der Waals surface area (Å²) in [5, 5.41) is 9.68. The summed E-state index contributed by atoms with van der Waals surface area (Å²) in [4.78, 5) is 29.4. The van der Waals surface area contributed by atoms with Gasteiger partial charge in [0, 0.05) is 20.5 Å². The molecule has 0 amide bonds. The lowest BCUT2D eigenvalue weighted by Gasteiger charge is -2.20. The molecule has 0 bridgehead atoms. The Morgan fingerprint density at radius 2 is 2.39 bits per heavy atom. The molecule has 1 fully saturated rings. The second kappa shape index (κ2) is 9.27. The molecule has 1 saturated heterocycles. The monoisotopic (exact) mass is 428 g/mol. The zero-order valence-corrected chi connectivity index (χ0v) is 17.7. The minimum absolute atomic E-state index is 0.0381. The Balaban J connectivity index is 1.87. The Morgan fingerprint density at radius 3 is 3.07 bits per heavy atom. The lowest BCUT2D eigenvalue weighted by atomic mass is 10.2. The van der Waals surface area contributed by atoms with E-state index in [0.717, 1.165) is 0 Å². The first-order chi connectivity index (χ1) is 13.4. The Kier molecular flexibility index (Phi) is 6.99. The summed E-state index contributed by atoms with van der Waals surface area (Å²) >= 11 is 0. The van der Waals surface area contributed by atoms with E-state index in [1.807, 2.05) is 27.3 Å². The molecule has 0 aliphatic carbocycles. The minimum atomic E-state index is -0.458. The second-order valence-corrected chi connectivity index (χ2v) is 9.24. The molecular formula is C16H24N6O4S2. The van der Waals surface area contributed by atoms with Gasteiger partial charge in [-0.15, -0.1) is 0 Å². The SMILES string of the molecule is CSS[C@@H](C)OC1C[C@H](n2cnc3c(=O)[nH]c(N=CN(C)C)nc32)O[C@@H]1CO. The number of nitrogens with zero attached hydrogens (tertiary/aromatic N) is 5. The number of aromatic nitrogens is 4. The van der Waals surface area contributed by atoms with Crippen LogP contribution >= 0.6 is 21.6 Å². The molecule has 10 nitrogen and oxygen atoms in total. The predicted molar refractivity (Wildman–Crippen MR) is 111 cm³/mol. The molecule has 154 valence electrons. The van der Waals surface area contributed by atoms with Crippen molar-refractivity contribution < 1.29 is 14.6 Å². The zero-order chi connectivity index (χ0) is 20.3. The summed E-state index contributed by atoms with van der Waals surface area (Å²) in [5.41, 5.74) is 0.181. The van der Waals surface area contributed by atoms with Crippen LogP contribution in [0.1, 0.15) is 19.6 Å². The summed E-state index contributed by atoms with van der Waals surface area (Å²) in [6.07, 6.45) is 4.40. The molecule has 0 radical (unpaired) electrons. The van der Waals surface area contributed by atoms with Gasteiger partial charge in [0.05, 0.1) is 25.4 Å². The van der Waals surface area contributed by atoms with Crippen LogP contribution in [-0.4, -0.2) is 80.5 Å². The third-order valence-electron chi connectivity index (χ3n) is 4.10. The Bertz CT molecular complexity index is 886. The summed E-state index contributed by atoms with van der Waals surface area (Å²) in [6, 6.07) is 0. The molecule has 1 aliphatic rings. The molecule has 0 saturated carbocycles. The molecule has 2 N–H and O–H groups in total. The Labute approximate surface area is 170 Å². The van der Waals surface area contributed by atoms with Crippen molar-refractivity contribution in [3.63, 3.8) is 0 Å². The van der Waals surface area contributed by atoms with Gasteiger partial charge in [0.1, 0.15) is 17.8 Å². The summed E-state index contributed by atoms with van der Waals surface area (Å²) in [7, 11) is 6.87. The first-order valence-electron chi connectivity index (χ1n) is 8.71. The number of aliphatic hydroxyl groups is 1. The largest absolute Gasteiger partial charge is 0.394 e. The molecule has 1 unspecified atom stereocenters. The number of hydrogen-bond acceptors (Lipinski definition) is 9. The third kappa shape index (κ3) is 4.69. The van der Waals surface area contributed by atoms with Crippen molar-refractivity contribution in [2.45, 2.75) is 37.2 Å². The first-order valence-corrected chi connectivity index (χ1v) is 11.3. The van der Waals surface area contributed by atoms with Crippen molar-refractivity contribution in [3.8, 4) is 0 Å². The van der Waals surface area contributed by atoms with Crippen LogP contribution in [-0.2, 0) is 9.47 Å². The highest BCUT2D eigenvalue weighted by Gasteiger charge is 2.38. The average molecular weight is 429 g/mol. The average Bonchev–Trinajstić information content (AvgIpc) is 3.24. The number of aromatic amines is 1. The topological polar surface area (TPSA) is 118 Å². The fraction of sp³-hybridized carbons (Fsp3) is 0.625. The fourth-order valence-electron chi connectivity index (χ4n) is 2.94. The van der Waals surface area contributed by atoms with Gasteiger partial charge in [-0.05, 0) is 13.2 Å². The van der Waals surface area contributed by atoms with E-state index in [0.29, 0.717) is 12.1 Å². The van der Waals surface area contributed by atoms with Crippen LogP contribution in [0.25, 0.3) is 11.2 Å². The molecule has 1 aliphatic heterocycles. The molecule has 0 spiro atoms. The molecule has 0 aromatic carbocycles. The van der Waals surface area contributed by atoms with Crippen LogP contribution in [0.5, 0.6) is 0 Å². The Hall–Kier alpha value is -1.60. The molecular weight excluding hydrogens is 404 g/mol. The van der Waals surface area contributed by atoms with Crippen LogP contribution < -0.4 is 5.56 Å². The van der Waals surface area contributed by atoms with Gasteiger partial charge in [-0.3, -0.25) is 14.3 Å². The lowest BCUT2D eigenvalue weighted by molar-refractivity contribution is -0.0628. The standard InChI is InChI=1S/C16H24N6O4S2/c1-9(28-27-4)25-10-5-12(26-11(10)6-23)22-8-17-13-14(22)19-16(20-15(13)24)18-7-21(2)3/h7-12,23H,5-6H2,1-4H3,(H,19,20,24)/t9-,10?,11+,12+/m0/s1. The van der Waals surface area contributed by atoms with E-state index in [-0.39, 0.29) is 35.2 Å². The summed E-state index contributed by atoms with van der Waals surface area (Å²) in [5.74, 6) is 0.183. The zero-order valence-electron chi connectivity index (χ0n) is 16.1. The van der Waals surface area contributed by atoms with Gasteiger partial charge >= 0.3 is 0 Å². The fourth-order valence-corrected chi connectivity index (χ4v) is 4.35. The van der Waals surface area contributed by atoms with E-state index >= 15 is 0 Å². The van der Waals surface area contributed by atoms with Gasteiger partial charge in [-0.25, -0.2) is 9.98 Å². The van der Waals surface area contributed by atoms with E-state index in [4.69, 9.17) is 9.47 Å². The highest BCUT2D eigenvalue weighted by Crippen LogP contribution is 2.35. The number of fused-ring (bicyclic) bond motifs is 1. The number of rotatable bonds is 8. The van der Waals surface area contributed by atoms with Gasteiger partial charge < -0.3 is 19.5 Å². The maximum absolute atomic E-state index is 12.3. The molecule has 2 aromatic heterocycles. The van der Waals surface area contributed by atoms with E-state index < -0.39 is 12.3 Å². The van der Waals surface area contributed by atoms with Crippen LogP contribution in [0, 0.1) is 0 Å². The van der Waals surface area contributed by atoms with Gasteiger partial charge in [0.15, 0.2) is 11.2 Å². The second-order valence-electron chi connectivity index (χ2n) is 6.47. The highest BCUT2D eigenvalue weighted by atomic mass is 33.1. The van der Waals surface area contributed by atoms with Crippen LogP contribution in [0.15, 0.2) is 16.1 Å². The Morgan fingerprint density at radius 1 is 1.61 bits per heavy atom. The maximum Gasteiger partial charge on any atom is 0.280 e. The van der Waals surface area contributed by atoms with Gasteiger partial charge in [-0.1, -0.05) is 21.6 Å². The van der Waals surface area contributed by atoms with Gasteiger partial charge in [0.2, 0.25) is 5.95 Å². The maximum atomic E-state index is 12.3. The third-order valence-corrected chi connectivity index (χ3v) is 6.06. The van der Waals surface area contributed by atoms with Crippen molar-refractivity contribution in [2.24, 2.45) is 4.99 Å². The van der Waals surface area contributed by atoms with Crippen LogP contribution in [0.3, 0.4) is 0 Å². The van der Waals surface area contributed by atoms with Crippen molar-refractivity contribution in [1.29, 1.82) is 0 Å². The number of aliphatic imine (C=N–C) groups is 1. The summed E-state index contributed by atoms with van der Waals surface area (Å²) in [6.45, 7) is 1.81. The molecule has 3 rings (SSSR count). The van der Waals surface area contributed by atoms with E-state index in [1.54, 1.807) is 37.4 Å². The first kappa shape index (κ1) is 21.1. The number of aliphatic hydroxyl groups excluding tert-OH is 1. The van der Waals surface area contributed by atoms with Crippen molar-refractivity contribution in [3.05, 3.63) is 16.7 Å². The molecule has 28 heavy (non-hydrogen) atoms. The lowest BCUT2D eigenvalue weighted by Crippen LogP contribution is -2.29. The van der Waals surface area contributed by atoms with E-state index in [1.165, 1.54) is 6.33 Å². The van der Waals surface area contributed by atoms with E-state index in [9.17, 15) is 9.90 Å². The smallest absolute Gasteiger partial charge is 0.280 e. The van der Waals surface area contributed by atoms with Crippen molar-refractivity contribution in [2.75, 3.05) is 27.0 Å². The van der Waals surface area contributed by atoms with Gasteiger partial charge in [-0.2, -0.15) is 4.98 Å². The number of H-pyrrole nitrogens is 1. The van der Waals surface area contributed by atoms with E-state index in [2.05, 4.69) is 19.9 Å². The molecule has 4 atom stereocenters. The number of ether oxygens (including phenoxy) is 2. The van der Waals surface area contributed by atoms with Crippen LogP contribution in [0.4, 0.5) is 5.95 Å². The van der Waals surface area contributed by atoms with Crippen molar-refractivity contribution in [1.82, 2.24) is 24.4 Å². The predicted octanol–water partition coefficient (Wildman–Crippen LogP) is 1.36. The molecule has 2 aromatic rings. The number of nitrogens with one attached hydrogen (secondary N) is 1. The molecule has 12 heteroatoms. The normalized spacial score (nSPS) is 23.7. The number of imidazole rings is 1. The van der Waals surface area contributed by atoms with Gasteiger partial charge in [0.25, 0.3) is 5.56 Å². The minimum Gasteiger partial charge on any atom is -0.394 e. The summed E-state index contributed by atoms with van der Waals surface area (Å²) < 4.78 is 13.7. The van der Waals surface area contributed by atoms with Crippen molar-refractivity contribution >= 4 is 45.0 Å². The molecule has 3 heterocycles. The quantitative estimate of drug-likeness (QED) is 0.278. The van der Waals surface area contributed by atoms with Crippen LogP contribution in [0.2, 0.25) is 0 Å². The number of hydrogen-bond donors (Lipinski definition) is 2.